The summed E-state index contributed by atoms with van der Waals surface area (Å²) in [4.78, 5) is 4.55. The Morgan fingerprint density at radius 1 is 0.405 bits per heavy atom. The van der Waals surface area contributed by atoms with Crippen molar-refractivity contribution >= 4 is 37.1 Å². The molecule has 0 saturated carbocycles. The summed E-state index contributed by atoms with van der Waals surface area (Å²) in [6.45, 7) is 2.30. The molecule has 2 nitrogen and oxygen atoms in total. The predicted molar refractivity (Wildman–Crippen MR) is 168 cm³/mol. The van der Waals surface area contributed by atoms with E-state index in [0.717, 1.165) is 13.1 Å². The SMILES string of the molecule is CN(C)CC[PH+](c1ccccc1)c1ccccc1.CN(C)CC[PH+](c1ccccc1)c1ccccc1.[Pd+2]. The van der Waals surface area contributed by atoms with E-state index in [9.17, 15) is 0 Å². The second kappa shape index (κ2) is 17.8. The van der Waals surface area contributed by atoms with Crippen LogP contribution in [0.1, 0.15) is 0 Å². The molecule has 4 rings (SSSR count). The van der Waals surface area contributed by atoms with Crippen molar-refractivity contribution < 1.29 is 20.4 Å². The van der Waals surface area contributed by atoms with Crippen LogP contribution in [0.25, 0.3) is 0 Å². The molecule has 0 atom stereocenters. The molecule has 0 aromatic heterocycles. The molecule has 0 bridgehead atoms. The van der Waals surface area contributed by atoms with Gasteiger partial charge < -0.3 is 9.80 Å². The van der Waals surface area contributed by atoms with E-state index in [-0.39, 0.29) is 20.4 Å². The van der Waals surface area contributed by atoms with Crippen LogP contribution in [0, 0.1) is 0 Å². The van der Waals surface area contributed by atoms with Gasteiger partial charge in [0, 0.05) is 13.1 Å². The van der Waals surface area contributed by atoms with Crippen molar-refractivity contribution in [1.29, 1.82) is 0 Å². The Bertz CT molecular complexity index is 925. The summed E-state index contributed by atoms with van der Waals surface area (Å²) < 4.78 is 0. The third-order valence-electron chi connectivity index (χ3n) is 6.11. The first-order valence-corrected chi connectivity index (χ1v) is 16.2. The Kier molecular flexibility index (Phi) is 15.1. The maximum absolute atomic E-state index is 2.27. The molecule has 37 heavy (non-hydrogen) atoms. The zero-order valence-corrected chi connectivity index (χ0v) is 26.1. The van der Waals surface area contributed by atoms with Gasteiger partial charge in [0.1, 0.15) is 0 Å². The molecule has 0 aliphatic heterocycles. The van der Waals surface area contributed by atoms with E-state index in [1.165, 1.54) is 33.5 Å². The summed E-state index contributed by atoms with van der Waals surface area (Å²) in [6.07, 6.45) is 2.51. The molecule has 4 aromatic carbocycles. The molecule has 0 N–H and O–H groups in total. The topological polar surface area (TPSA) is 6.48 Å². The largest absolute Gasteiger partial charge is 2.00 e. The molecule has 0 unspecified atom stereocenters. The van der Waals surface area contributed by atoms with Crippen molar-refractivity contribution in [2.24, 2.45) is 0 Å². The minimum Gasteiger partial charge on any atom is -0.306 e. The maximum atomic E-state index is 2.27. The number of hydrogen-bond donors (Lipinski definition) is 0. The monoisotopic (exact) mass is 622 g/mol. The van der Waals surface area contributed by atoms with Crippen LogP contribution in [0.4, 0.5) is 0 Å². The van der Waals surface area contributed by atoms with Crippen molar-refractivity contribution in [2.45, 2.75) is 0 Å². The average Bonchev–Trinajstić information content (AvgIpc) is 2.91. The second-order valence-electron chi connectivity index (χ2n) is 9.53. The van der Waals surface area contributed by atoms with Crippen LogP contribution >= 0.6 is 15.8 Å². The van der Waals surface area contributed by atoms with Gasteiger partial charge in [0.15, 0.2) is 0 Å². The van der Waals surface area contributed by atoms with E-state index < -0.39 is 15.8 Å². The van der Waals surface area contributed by atoms with Gasteiger partial charge in [-0.1, -0.05) is 72.8 Å². The van der Waals surface area contributed by atoms with Gasteiger partial charge in [0.05, 0.1) is 49.4 Å². The fourth-order valence-electron chi connectivity index (χ4n) is 4.14. The molecule has 0 aliphatic carbocycles. The fraction of sp³-hybridized carbons (Fsp3) is 0.250. The van der Waals surface area contributed by atoms with Gasteiger partial charge in [-0.05, 0) is 76.7 Å². The molecule has 4 aromatic rings. The van der Waals surface area contributed by atoms with Gasteiger partial charge >= 0.3 is 20.4 Å². The van der Waals surface area contributed by atoms with E-state index in [4.69, 9.17) is 0 Å². The van der Waals surface area contributed by atoms with Gasteiger partial charge in [-0.15, -0.1) is 0 Å². The molecule has 0 aliphatic rings. The standard InChI is InChI=1S/2C16H20NP.Pd/c2*1-17(2)13-14-18(15-9-5-3-6-10-15)16-11-7-4-8-12-16;/h2*3-12H,13-14H2,1-2H3;/q;;+2/p+2. The van der Waals surface area contributed by atoms with Crippen LogP contribution in [0.5, 0.6) is 0 Å². The minimum atomic E-state index is -0.637. The number of rotatable bonds is 10. The van der Waals surface area contributed by atoms with Gasteiger partial charge in [-0.25, -0.2) is 0 Å². The Hall–Kier alpha value is -1.68. The van der Waals surface area contributed by atoms with Crippen LogP contribution < -0.4 is 21.2 Å². The van der Waals surface area contributed by atoms with Crippen molar-refractivity contribution in [3.05, 3.63) is 121 Å². The summed E-state index contributed by atoms with van der Waals surface area (Å²) in [5.41, 5.74) is 0. The molecule has 0 fully saturated rings. The van der Waals surface area contributed by atoms with E-state index >= 15 is 0 Å². The third-order valence-corrected chi connectivity index (χ3v) is 11.7. The quantitative estimate of drug-likeness (QED) is 0.185. The van der Waals surface area contributed by atoms with E-state index in [2.05, 4.69) is 159 Å². The Balaban J connectivity index is 0.000000253. The smallest absolute Gasteiger partial charge is 0.306 e. The predicted octanol–water partition coefficient (Wildman–Crippen LogP) is 4.82. The summed E-state index contributed by atoms with van der Waals surface area (Å²) in [5.74, 6) is 0. The van der Waals surface area contributed by atoms with Crippen LogP contribution in [-0.4, -0.2) is 63.4 Å². The molecular weight excluding hydrogens is 581 g/mol. The molecule has 5 heteroatoms. The number of nitrogens with zero attached hydrogens (tertiary/aromatic N) is 2. The first-order valence-electron chi connectivity index (χ1n) is 12.8. The van der Waals surface area contributed by atoms with E-state index in [1.54, 1.807) is 0 Å². The molecule has 0 saturated heterocycles. The second-order valence-corrected chi connectivity index (χ2v) is 14.8. The van der Waals surface area contributed by atoms with Crippen LogP contribution in [0.3, 0.4) is 0 Å². The Morgan fingerprint density at radius 2 is 0.622 bits per heavy atom. The summed E-state index contributed by atoms with van der Waals surface area (Å²) in [7, 11) is 7.32. The van der Waals surface area contributed by atoms with Crippen LogP contribution in [0.2, 0.25) is 0 Å². The third kappa shape index (κ3) is 11.3. The number of benzene rings is 4. The van der Waals surface area contributed by atoms with Crippen LogP contribution in [0.15, 0.2) is 121 Å². The van der Waals surface area contributed by atoms with Gasteiger partial charge in [0.2, 0.25) is 0 Å². The van der Waals surface area contributed by atoms with Gasteiger partial charge in [-0.3, -0.25) is 0 Å². The zero-order valence-electron chi connectivity index (χ0n) is 22.6. The Morgan fingerprint density at radius 3 is 0.811 bits per heavy atom. The summed E-state index contributed by atoms with van der Waals surface area (Å²) in [6, 6.07) is 43.8. The van der Waals surface area contributed by atoms with E-state index in [0.29, 0.717) is 0 Å². The molecule has 196 valence electrons. The Labute approximate surface area is 241 Å². The van der Waals surface area contributed by atoms with Crippen molar-refractivity contribution in [2.75, 3.05) is 53.6 Å². The van der Waals surface area contributed by atoms with Gasteiger partial charge in [0.25, 0.3) is 0 Å². The minimum absolute atomic E-state index is 0. The molecule has 0 radical (unpaired) electrons. The first-order chi connectivity index (χ1) is 17.5. The molecular formula is C32H42N2P2Pd+4. The molecule has 0 heterocycles. The first kappa shape index (κ1) is 31.5. The zero-order chi connectivity index (χ0) is 25.6. The average molecular weight is 623 g/mol. The normalized spacial score (nSPS) is 10.8. The maximum Gasteiger partial charge on any atom is 2.00 e. The van der Waals surface area contributed by atoms with Crippen molar-refractivity contribution in [3.63, 3.8) is 0 Å². The van der Waals surface area contributed by atoms with Crippen molar-refractivity contribution in [3.8, 4) is 0 Å². The fourth-order valence-corrected chi connectivity index (χ4v) is 9.68. The van der Waals surface area contributed by atoms with Gasteiger partial charge in [-0.2, -0.15) is 0 Å². The van der Waals surface area contributed by atoms with E-state index in [1.807, 2.05) is 0 Å². The van der Waals surface area contributed by atoms with Crippen LogP contribution in [-0.2, 0) is 20.4 Å². The number of hydrogen-bond acceptors (Lipinski definition) is 2. The summed E-state index contributed by atoms with van der Waals surface area (Å²) in [5, 5.41) is 6.04. The van der Waals surface area contributed by atoms with Crippen molar-refractivity contribution in [1.82, 2.24) is 9.80 Å². The summed E-state index contributed by atoms with van der Waals surface area (Å²) >= 11 is 0. The molecule has 0 spiro atoms. The molecule has 0 amide bonds.